The van der Waals surface area contributed by atoms with Crippen molar-refractivity contribution >= 4 is 5.91 Å². The zero-order valence-corrected chi connectivity index (χ0v) is 16.1. The second-order valence-electron chi connectivity index (χ2n) is 7.23. The molecule has 0 saturated carbocycles. The topological polar surface area (TPSA) is 86.3 Å². The molecule has 154 valence electrons. The Morgan fingerprint density at radius 1 is 1.10 bits per heavy atom. The Morgan fingerprint density at radius 2 is 1.79 bits per heavy atom. The molecule has 2 aliphatic heterocycles. The second-order valence-corrected chi connectivity index (χ2v) is 7.23. The highest BCUT2D eigenvalue weighted by atomic mass is 16.7. The molecule has 1 amide bonds. The molecule has 0 bridgehead atoms. The summed E-state index contributed by atoms with van der Waals surface area (Å²) in [5, 5.41) is 13.2. The molecule has 7 nitrogen and oxygen atoms in total. The van der Waals surface area contributed by atoms with E-state index in [1.165, 1.54) is 6.92 Å². The molecule has 2 heterocycles. The van der Waals surface area contributed by atoms with Crippen LogP contribution in [0.3, 0.4) is 0 Å². The first-order chi connectivity index (χ1) is 14.1. The lowest BCUT2D eigenvalue weighted by Gasteiger charge is -2.48. The largest absolute Gasteiger partial charge is 0.368 e. The van der Waals surface area contributed by atoms with Gasteiger partial charge < -0.3 is 29.4 Å². The molecular formula is C22H25NO6. The van der Waals surface area contributed by atoms with Gasteiger partial charge in [0.25, 0.3) is 0 Å². The van der Waals surface area contributed by atoms with Gasteiger partial charge in [0.05, 0.1) is 13.2 Å². The third kappa shape index (κ3) is 4.66. The second kappa shape index (κ2) is 9.02. The van der Waals surface area contributed by atoms with Crippen LogP contribution in [0.25, 0.3) is 0 Å². The van der Waals surface area contributed by atoms with Crippen LogP contribution < -0.4 is 5.32 Å². The molecule has 6 atom stereocenters. The van der Waals surface area contributed by atoms with E-state index in [0.29, 0.717) is 6.61 Å². The Hall–Kier alpha value is -2.29. The van der Waals surface area contributed by atoms with Gasteiger partial charge in [-0.25, -0.2) is 0 Å². The van der Waals surface area contributed by atoms with Crippen LogP contribution in [0.4, 0.5) is 0 Å². The number of ether oxygens (including phenoxy) is 4. The minimum atomic E-state index is -1.22. The normalized spacial score (nSPS) is 31.7. The fraction of sp³-hybridized carbons (Fsp3) is 0.409. The Labute approximate surface area is 169 Å². The van der Waals surface area contributed by atoms with Crippen LogP contribution in [0.1, 0.15) is 24.3 Å². The van der Waals surface area contributed by atoms with Gasteiger partial charge in [0.2, 0.25) is 5.91 Å². The first kappa shape index (κ1) is 20.0. The summed E-state index contributed by atoms with van der Waals surface area (Å²) in [4.78, 5) is 11.7. The molecule has 7 heteroatoms. The number of benzene rings is 2. The van der Waals surface area contributed by atoms with E-state index in [9.17, 15) is 9.90 Å². The zero-order valence-electron chi connectivity index (χ0n) is 16.1. The van der Waals surface area contributed by atoms with E-state index in [4.69, 9.17) is 18.9 Å². The maximum Gasteiger partial charge on any atom is 0.217 e. The van der Waals surface area contributed by atoms with Crippen molar-refractivity contribution in [3.8, 4) is 0 Å². The number of carbonyl (C=O) groups is 1. The van der Waals surface area contributed by atoms with Crippen LogP contribution in [0.5, 0.6) is 0 Å². The molecule has 0 spiro atoms. The highest BCUT2D eigenvalue weighted by molar-refractivity contribution is 5.73. The van der Waals surface area contributed by atoms with Crippen molar-refractivity contribution in [2.24, 2.45) is 0 Å². The van der Waals surface area contributed by atoms with Crippen LogP contribution in [-0.4, -0.2) is 48.3 Å². The van der Waals surface area contributed by atoms with Crippen LogP contribution in [-0.2, 0) is 30.3 Å². The van der Waals surface area contributed by atoms with Crippen LogP contribution in [0, 0.1) is 0 Å². The van der Waals surface area contributed by atoms with Gasteiger partial charge in [-0.1, -0.05) is 60.7 Å². The summed E-state index contributed by atoms with van der Waals surface area (Å²) in [5.74, 6) is -0.281. The molecule has 2 aromatic carbocycles. The smallest absolute Gasteiger partial charge is 0.217 e. The minimum Gasteiger partial charge on any atom is -0.368 e. The van der Waals surface area contributed by atoms with Gasteiger partial charge in [0.1, 0.15) is 24.4 Å². The summed E-state index contributed by atoms with van der Waals surface area (Å²) in [6.45, 7) is 1.96. The van der Waals surface area contributed by atoms with Crippen molar-refractivity contribution in [1.82, 2.24) is 5.32 Å². The van der Waals surface area contributed by atoms with Crippen molar-refractivity contribution in [1.29, 1.82) is 0 Å². The summed E-state index contributed by atoms with van der Waals surface area (Å²) in [6, 6.07) is 18.6. The number of carbonyl (C=O) groups excluding carboxylic acids is 1. The minimum absolute atomic E-state index is 0.249. The zero-order chi connectivity index (χ0) is 20.2. The molecule has 0 unspecified atom stereocenters. The van der Waals surface area contributed by atoms with Crippen LogP contribution in [0.15, 0.2) is 60.7 Å². The highest BCUT2D eigenvalue weighted by Crippen LogP contribution is 2.35. The summed E-state index contributed by atoms with van der Waals surface area (Å²) in [6.07, 6.45) is -3.42. The van der Waals surface area contributed by atoms with Crippen molar-refractivity contribution < 1.29 is 28.8 Å². The first-order valence-electron chi connectivity index (χ1n) is 9.70. The summed E-state index contributed by atoms with van der Waals surface area (Å²) in [5.41, 5.74) is 1.87. The number of nitrogens with one attached hydrogen (secondary N) is 1. The van der Waals surface area contributed by atoms with Gasteiger partial charge in [-0.15, -0.1) is 0 Å². The molecule has 2 N–H and O–H groups in total. The molecule has 2 saturated heterocycles. The van der Waals surface area contributed by atoms with E-state index in [1.807, 2.05) is 60.7 Å². The predicted molar refractivity (Wildman–Crippen MR) is 104 cm³/mol. The van der Waals surface area contributed by atoms with Crippen molar-refractivity contribution in [2.45, 2.75) is 50.5 Å². The van der Waals surface area contributed by atoms with E-state index in [2.05, 4.69) is 5.32 Å². The number of rotatable bonds is 5. The third-order valence-electron chi connectivity index (χ3n) is 5.09. The number of hydrogen-bond donors (Lipinski definition) is 2. The number of hydrogen-bond acceptors (Lipinski definition) is 6. The third-order valence-corrected chi connectivity index (χ3v) is 5.09. The lowest BCUT2D eigenvalue weighted by molar-refractivity contribution is -0.343. The number of amides is 1. The van der Waals surface area contributed by atoms with Crippen molar-refractivity contribution in [3.63, 3.8) is 0 Å². The molecular weight excluding hydrogens is 374 g/mol. The molecule has 0 aromatic heterocycles. The van der Waals surface area contributed by atoms with Crippen molar-refractivity contribution in [2.75, 3.05) is 6.61 Å². The lowest BCUT2D eigenvalue weighted by Crippen LogP contribution is -2.66. The lowest BCUT2D eigenvalue weighted by atomic mass is 9.95. The molecule has 2 fully saturated rings. The van der Waals surface area contributed by atoms with E-state index < -0.39 is 36.9 Å². The van der Waals surface area contributed by atoms with Gasteiger partial charge in [-0.05, 0) is 5.56 Å². The Kier molecular flexibility index (Phi) is 6.22. The van der Waals surface area contributed by atoms with E-state index in [0.717, 1.165) is 11.1 Å². The highest BCUT2D eigenvalue weighted by Gasteiger charge is 2.50. The van der Waals surface area contributed by atoms with Crippen molar-refractivity contribution in [3.05, 3.63) is 71.8 Å². The predicted octanol–water partition coefficient (Wildman–Crippen LogP) is 1.91. The Morgan fingerprint density at radius 3 is 2.48 bits per heavy atom. The van der Waals surface area contributed by atoms with Gasteiger partial charge >= 0.3 is 0 Å². The van der Waals surface area contributed by atoms with E-state index in [-0.39, 0.29) is 12.5 Å². The molecule has 29 heavy (non-hydrogen) atoms. The number of aliphatic hydroxyl groups excluding tert-OH is 1. The summed E-state index contributed by atoms with van der Waals surface area (Å²) < 4.78 is 23.9. The fourth-order valence-electron chi connectivity index (χ4n) is 3.72. The average molecular weight is 399 g/mol. The van der Waals surface area contributed by atoms with E-state index >= 15 is 0 Å². The molecule has 2 aliphatic rings. The Balaban J connectivity index is 1.56. The SMILES string of the molecule is CC(=O)N[C@@H]1[C@H](OCc2ccccc2)[C@@H]2O[C@H](c3ccccc3)OC[C@H]2O[C@@H]1O. The quantitative estimate of drug-likeness (QED) is 0.799. The van der Waals surface area contributed by atoms with Gasteiger partial charge in [0, 0.05) is 12.5 Å². The van der Waals surface area contributed by atoms with Gasteiger partial charge in [0.15, 0.2) is 12.6 Å². The fourth-order valence-corrected chi connectivity index (χ4v) is 3.72. The number of fused-ring (bicyclic) bond motifs is 1. The number of aliphatic hydroxyl groups is 1. The van der Waals surface area contributed by atoms with Gasteiger partial charge in [-0.3, -0.25) is 4.79 Å². The van der Waals surface area contributed by atoms with E-state index in [1.54, 1.807) is 0 Å². The Bertz CT molecular complexity index is 801. The van der Waals surface area contributed by atoms with Gasteiger partial charge in [-0.2, -0.15) is 0 Å². The maximum atomic E-state index is 11.7. The summed E-state index contributed by atoms with van der Waals surface area (Å²) >= 11 is 0. The molecule has 0 aliphatic carbocycles. The average Bonchev–Trinajstić information content (AvgIpc) is 2.74. The first-order valence-corrected chi connectivity index (χ1v) is 9.70. The van der Waals surface area contributed by atoms with Crippen LogP contribution >= 0.6 is 0 Å². The molecule has 0 radical (unpaired) electrons. The van der Waals surface area contributed by atoms with Crippen LogP contribution in [0.2, 0.25) is 0 Å². The monoisotopic (exact) mass is 399 g/mol. The standard InChI is InChI=1S/C22H25NO6/c1-14(24)23-18-20(26-12-15-8-4-2-5-9-15)19-17(28-21(18)25)13-27-22(29-19)16-10-6-3-7-11-16/h2-11,17-22,25H,12-13H2,1H3,(H,23,24)/t17-,18-,19-,20+,21+,22-/m1/s1. The maximum absolute atomic E-state index is 11.7. The summed E-state index contributed by atoms with van der Waals surface area (Å²) in [7, 11) is 0. The molecule has 4 rings (SSSR count). The molecule has 2 aromatic rings.